The third-order valence-electron chi connectivity index (χ3n) is 2.63. The lowest BCUT2D eigenvalue weighted by Gasteiger charge is -2.21. The fraction of sp³-hybridized carbons (Fsp3) is 0.500. The van der Waals surface area contributed by atoms with Crippen molar-refractivity contribution in [3.63, 3.8) is 0 Å². The van der Waals surface area contributed by atoms with E-state index in [4.69, 9.17) is 0 Å². The molecule has 0 saturated heterocycles. The fourth-order valence-electron chi connectivity index (χ4n) is 1.53. The molecule has 17 heavy (non-hydrogen) atoms. The van der Waals surface area contributed by atoms with Crippen molar-refractivity contribution in [2.24, 2.45) is 5.92 Å². The van der Waals surface area contributed by atoms with Crippen LogP contribution in [0.3, 0.4) is 0 Å². The van der Waals surface area contributed by atoms with E-state index in [2.05, 4.69) is 15.9 Å². The molecule has 1 aromatic rings. The Morgan fingerprint density at radius 3 is 2.35 bits per heavy atom. The standard InChI is InChI=1S/C12H15BrF2O2/c1-6(2)12(17)10(16)5-7-9(14)4-3-8(13)11(7)15/h3-4,6,10,12,16-17H,5H2,1-2H3. The molecule has 0 aliphatic heterocycles. The second kappa shape index (κ2) is 5.89. The first-order valence-corrected chi connectivity index (χ1v) is 6.12. The molecule has 0 heterocycles. The molecular formula is C12H15BrF2O2. The van der Waals surface area contributed by atoms with Gasteiger partial charge >= 0.3 is 0 Å². The number of halogens is 3. The Hall–Kier alpha value is -0.520. The second-order valence-electron chi connectivity index (χ2n) is 4.33. The van der Waals surface area contributed by atoms with E-state index in [0.717, 1.165) is 6.07 Å². The van der Waals surface area contributed by atoms with Crippen LogP contribution in [-0.4, -0.2) is 22.4 Å². The SMILES string of the molecule is CC(C)C(O)C(O)Cc1c(F)ccc(Br)c1F. The van der Waals surface area contributed by atoms with Gasteiger partial charge < -0.3 is 10.2 Å². The lowest BCUT2D eigenvalue weighted by Crippen LogP contribution is -2.33. The van der Waals surface area contributed by atoms with Crippen LogP contribution in [0.25, 0.3) is 0 Å². The highest BCUT2D eigenvalue weighted by molar-refractivity contribution is 9.10. The molecule has 0 spiro atoms. The average Bonchev–Trinajstić information content (AvgIpc) is 2.28. The highest BCUT2D eigenvalue weighted by atomic mass is 79.9. The number of hydrogen-bond donors (Lipinski definition) is 2. The molecule has 2 atom stereocenters. The minimum atomic E-state index is -1.19. The molecule has 0 radical (unpaired) electrons. The Balaban J connectivity index is 2.92. The molecule has 2 unspecified atom stereocenters. The van der Waals surface area contributed by atoms with Gasteiger partial charge in [-0.05, 0) is 34.0 Å². The zero-order chi connectivity index (χ0) is 13.2. The van der Waals surface area contributed by atoms with Crippen LogP contribution in [0.5, 0.6) is 0 Å². The van der Waals surface area contributed by atoms with Gasteiger partial charge in [-0.25, -0.2) is 8.78 Å². The number of benzene rings is 1. The number of rotatable bonds is 4. The minimum absolute atomic E-state index is 0.139. The molecule has 2 N–H and O–H groups in total. The quantitative estimate of drug-likeness (QED) is 0.840. The van der Waals surface area contributed by atoms with E-state index in [0.29, 0.717) is 0 Å². The largest absolute Gasteiger partial charge is 0.390 e. The van der Waals surface area contributed by atoms with E-state index in [1.54, 1.807) is 13.8 Å². The smallest absolute Gasteiger partial charge is 0.143 e. The first-order chi connectivity index (χ1) is 7.84. The van der Waals surface area contributed by atoms with Crippen molar-refractivity contribution < 1.29 is 19.0 Å². The summed E-state index contributed by atoms with van der Waals surface area (Å²) in [6.07, 6.45) is -2.45. The number of hydrogen-bond acceptors (Lipinski definition) is 2. The lowest BCUT2D eigenvalue weighted by atomic mass is 9.96. The molecule has 0 aliphatic rings. The van der Waals surface area contributed by atoms with E-state index >= 15 is 0 Å². The predicted molar refractivity (Wildman–Crippen MR) is 64.6 cm³/mol. The van der Waals surface area contributed by atoms with Crippen molar-refractivity contribution in [2.75, 3.05) is 0 Å². The summed E-state index contributed by atoms with van der Waals surface area (Å²) in [6.45, 7) is 3.45. The van der Waals surface area contributed by atoms with Gasteiger partial charge in [0.15, 0.2) is 0 Å². The van der Waals surface area contributed by atoms with E-state index < -0.39 is 23.8 Å². The Labute approximate surface area is 107 Å². The zero-order valence-corrected chi connectivity index (χ0v) is 11.2. The Morgan fingerprint density at radius 2 is 1.82 bits per heavy atom. The van der Waals surface area contributed by atoms with Crippen LogP contribution in [-0.2, 0) is 6.42 Å². The van der Waals surface area contributed by atoms with Crippen molar-refractivity contribution in [3.8, 4) is 0 Å². The summed E-state index contributed by atoms with van der Waals surface area (Å²) in [5, 5.41) is 19.3. The third-order valence-corrected chi connectivity index (χ3v) is 3.24. The summed E-state index contributed by atoms with van der Waals surface area (Å²) in [7, 11) is 0. The molecule has 0 aliphatic carbocycles. The second-order valence-corrected chi connectivity index (χ2v) is 5.18. The van der Waals surface area contributed by atoms with Crippen LogP contribution in [0.2, 0.25) is 0 Å². The molecule has 1 rings (SSSR count). The molecule has 96 valence electrons. The first-order valence-electron chi connectivity index (χ1n) is 5.33. The average molecular weight is 309 g/mol. The van der Waals surface area contributed by atoms with Gasteiger partial charge in [0.2, 0.25) is 0 Å². The van der Waals surface area contributed by atoms with Crippen LogP contribution in [0.15, 0.2) is 16.6 Å². The van der Waals surface area contributed by atoms with Gasteiger partial charge in [-0.15, -0.1) is 0 Å². The predicted octanol–water partition coefficient (Wildman–Crippen LogP) is 2.65. The zero-order valence-electron chi connectivity index (χ0n) is 9.62. The van der Waals surface area contributed by atoms with E-state index in [1.807, 2.05) is 0 Å². The van der Waals surface area contributed by atoms with Gasteiger partial charge in [0.05, 0.1) is 16.7 Å². The Bertz CT molecular complexity index is 396. The Morgan fingerprint density at radius 1 is 1.24 bits per heavy atom. The molecule has 0 bridgehead atoms. The molecule has 5 heteroatoms. The number of aliphatic hydroxyl groups is 2. The molecule has 0 saturated carbocycles. The van der Waals surface area contributed by atoms with Gasteiger partial charge in [0.25, 0.3) is 0 Å². The summed E-state index contributed by atoms with van der Waals surface area (Å²) < 4.78 is 27.1. The van der Waals surface area contributed by atoms with Gasteiger partial charge in [0.1, 0.15) is 11.6 Å². The fourth-order valence-corrected chi connectivity index (χ4v) is 1.90. The maximum Gasteiger partial charge on any atom is 0.143 e. The van der Waals surface area contributed by atoms with Crippen LogP contribution in [0.4, 0.5) is 8.78 Å². The van der Waals surface area contributed by atoms with Crippen LogP contribution >= 0.6 is 15.9 Å². The first kappa shape index (κ1) is 14.5. The van der Waals surface area contributed by atoms with Crippen LogP contribution in [0, 0.1) is 17.6 Å². The maximum absolute atomic E-state index is 13.6. The van der Waals surface area contributed by atoms with Gasteiger partial charge in [-0.1, -0.05) is 13.8 Å². The lowest BCUT2D eigenvalue weighted by molar-refractivity contribution is -0.00809. The van der Waals surface area contributed by atoms with Crippen molar-refractivity contribution >= 4 is 15.9 Å². The van der Waals surface area contributed by atoms with Crippen molar-refractivity contribution in [3.05, 3.63) is 33.8 Å². The summed E-state index contributed by atoms with van der Waals surface area (Å²) in [5.74, 6) is -1.64. The van der Waals surface area contributed by atoms with E-state index in [-0.39, 0.29) is 22.4 Å². The molecular weight excluding hydrogens is 294 g/mol. The monoisotopic (exact) mass is 308 g/mol. The molecule has 0 amide bonds. The highest BCUT2D eigenvalue weighted by Crippen LogP contribution is 2.24. The van der Waals surface area contributed by atoms with E-state index in [9.17, 15) is 19.0 Å². The minimum Gasteiger partial charge on any atom is -0.390 e. The topological polar surface area (TPSA) is 40.5 Å². The third kappa shape index (κ3) is 3.47. The maximum atomic E-state index is 13.6. The summed E-state index contributed by atoms with van der Waals surface area (Å²) in [6, 6.07) is 2.39. The van der Waals surface area contributed by atoms with Gasteiger partial charge in [-0.3, -0.25) is 0 Å². The van der Waals surface area contributed by atoms with Gasteiger partial charge in [0, 0.05) is 12.0 Å². The summed E-state index contributed by atoms with van der Waals surface area (Å²) in [4.78, 5) is 0. The molecule has 0 aromatic heterocycles. The molecule has 0 fully saturated rings. The van der Waals surface area contributed by atoms with Crippen molar-refractivity contribution in [1.82, 2.24) is 0 Å². The summed E-state index contributed by atoms with van der Waals surface area (Å²) >= 11 is 2.95. The van der Waals surface area contributed by atoms with Crippen LogP contribution in [0.1, 0.15) is 19.4 Å². The summed E-state index contributed by atoms with van der Waals surface area (Å²) in [5.41, 5.74) is -0.216. The molecule has 2 nitrogen and oxygen atoms in total. The molecule has 1 aromatic carbocycles. The highest BCUT2D eigenvalue weighted by Gasteiger charge is 2.23. The van der Waals surface area contributed by atoms with Crippen LogP contribution < -0.4 is 0 Å². The van der Waals surface area contributed by atoms with Gasteiger partial charge in [-0.2, -0.15) is 0 Å². The van der Waals surface area contributed by atoms with Crippen molar-refractivity contribution in [2.45, 2.75) is 32.5 Å². The number of aliphatic hydroxyl groups excluding tert-OH is 2. The normalized spacial score (nSPS) is 15.1. The van der Waals surface area contributed by atoms with E-state index in [1.165, 1.54) is 6.07 Å². The van der Waals surface area contributed by atoms with Crippen molar-refractivity contribution in [1.29, 1.82) is 0 Å². The Kier molecular flexibility index (Phi) is 5.04.